The van der Waals surface area contributed by atoms with Crippen LogP contribution in [0, 0.1) is 5.92 Å². The maximum absolute atomic E-state index is 13.6. The molecule has 2 unspecified atom stereocenters. The molecule has 2 atom stereocenters. The number of carbonyl (C=O) groups excluding carboxylic acids is 4. The summed E-state index contributed by atoms with van der Waals surface area (Å²) in [4.78, 5) is 54.8. The van der Waals surface area contributed by atoms with Crippen molar-refractivity contribution in [1.82, 2.24) is 5.32 Å². The summed E-state index contributed by atoms with van der Waals surface area (Å²) in [6.45, 7) is 4.11. The Morgan fingerprint density at radius 3 is 2.50 bits per heavy atom. The predicted octanol–water partition coefficient (Wildman–Crippen LogP) is 8.23. The van der Waals surface area contributed by atoms with Gasteiger partial charge in [0.2, 0.25) is 5.91 Å². The lowest BCUT2D eigenvalue weighted by atomic mass is 9.88. The second-order valence-corrected chi connectivity index (χ2v) is 14.2. The van der Waals surface area contributed by atoms with Crippen molar-refractivity contribution in [2.45, 2.75) is 49.7 Å². The van der Waals surface area contributed by atoms with Crippen molar-refractivity contribution in [3.63, 3.8) is 0 Å². The van der Waals surface area contributed by atoms with Crippen LogP contribution in [0.15, 0.2) is 89.5 Å². The highest BCUT2D eigenvalue weighted by molar-refractivity contribution is 8.00. The fourth-order valence-corrected chi connectivity index (χ4v) is 7.98. The molecule has 3 amide bonds. The van der Waals surface area contributed by atoms with Gasteiger partial charge in [-0.15, -0.1) is 23.1 Å². The zero-order valence-corrected chi connectivity index (χ0v) is 29.2. The number of amides is 3. The topological polar surface area (TPSA) is 114 Å². The number of ether oxygens (including phenoxy) is 1. The smallest absolute Gasteiger partial charge is 0.341 e. The van der Waals surface area contributed by atoms with E-state index in [0.717, 1.165) is 34.6 Å². The van der Waals surface area contributed by atoms with Gasteiger partial charge in [-0.3, -0.25) is 14.4 Å². The van der Waals surface area contributed by atoms with Gasteiger partial charge in [-0.1, -0.05) is 67.9 Å². The summed E-state index contributed by atoms with van der Waals surface area (Å²) >= 11 is 9.17. The van der Waals surface area contributed by atoms with E-state index >= 15 is 0 Å². The molecular weight excluding hydrogens is 666 g/mol. The van der Waals surface area contributed by atoms with Crippen molar-refractivity contribution in [3.8, 4) is 0 Å². The number of methoxy groups -OCH3 is 1. The van der Waals surface area contributed by atoms with Crippen LogP contribution < -0.4 is 16.0 Å². The molecule has 0 saturated heterocycles. The van der Waals surface area contributed by atoms with Crippen LogP contribution >= 0.6 is 34.7 Å². The molecule has 0 radical (unpaired) electrons. The summed E-state index contributed by atoms with van der Waals surface area (Å²) in [5.41, 5.74) is 2.89. The summed E-state index contributed by atoms with van der Waals surface area (Å²) in [6.07, 6.45) is 4.69. The van der Waals surface area contributed by atoms with Gasteiger partial charge in [-0.25, -0.2) is 4.79 Å². The summed E-state index contributed by atoms with van der Waals surface area (Å²) < 4.78 is 5.08. The number of thioether (sulfide) groups is 1. The van der Waals surface area contributed by atoms with Gasteiger partial charge in [0.1, 0.15) is 10.7 Å². The van der Waals surface area contributed by atoms with E-state index < -0.39 is 23.0 Å². The van der Waals surface area contributed by atoms with Crippen LogP contribution in [0.5, 0.6) is 0 Å². The van der Waals surface area contributed by atoms with Crippen LogP contribution in [-0.4, -0.2) is 36.1 Å². The van der Waals surface area contributed by atoms with Gasteiger partial charge in [-0.05, 0) is 85.2 Å². The molecule has 48 heavy (non-hydrogen) atoms. The van der Waals surface area contributed by atoms with E-state index in [2.05, 4.69) is 22.9 Å². The van der Waals surface area contributed by atoms with E-state index in [-0.39, 0.29) is 11.6 Å². The Morgan fingerprint density at radius 2 is 1.77 bits per heavy atom. The van der Waals surface area contributed by atoms with Crippen LogP contribution in [0.4, 0.5) is 10.7 Å². The van der Waals surface area contributed by atoms with E-state index in [1.54, 1.807) is 72.8 Å². The molecule has 0 fully saturated rings. The number of fused-ring (bicyclic) bond motifs is 1. The molecule has 1 aliphatic carbocycles. The number of nitrogens with one attached hydrogen (secondary N) is 3. The van der Waals surface area contributed by atoms with Crippen LogP contribution in [0.25, 0.3) is 6.08 Å². The number of hydrogen-bond acceptors (Lipinski definition) is 7. The molecule has 0 saturated carbocycles. The number of thiophene rings is 1. The molecule has 0 aliphatic heterocycles. The number of esters is 1. The maximum Gasteiger partial charge on any atom is 0.341 e. The van der Waals surface area contributed by atoms with Gasteiger partial charge in [0.25, 0.3) is 11.8 Å². The van der Waals surface area contributed by atoms with Gasteiger partial charge in [0, 0.05) is 26.0 Å². The third kappa shape index (κ3) is 8.55. The van der Waals surface area contributed by atoms with Crippen molar-refractivity contribution in [1.29, 1.82) is 0 Å². The van der Waals surface area contributed by atoms with Crippen molar-refractivity contribution in [3.05, 3.63) is 117 Å². The zero-order valence-electron chi connectivity index (χ0n) is 26.8. The zero-order chi connectivity index (χ0) is 34.2. The Bertz CT molecular complexity index is 1860. The van der Waals surface area contributed by atoms with Crippen LogP contribution in [0.1, 0.15) is 63.4 Å². The number of halogens is 1. The molecule has 3 N–H and O–H groups in total. The van der Waals surface area contributed by atoms with Gasteiger partial charge in [0.15, 0.2) is 0 Å². The van der Waals surface area contributed by atoms with Gasteiger partial charge in [0.05, 0.1) is 17.9 Å². The minimum absolute atomic E-state index is 0.00951. The quantitative estimate of drug-likeness (QED) is 0.0825. The number of rotatable bonds is 11. The summed E-state index contributed by atoms with van der Waals surface area (Å²) in [5, 5.41) is 9.09. The largest absolute Gasteiger partial charge is 0.465 e. The van der Waals surface area contributed by atoms with E-state index in [4.69, 9.17) is 16.3 Å². The maximum atomic E-state index is 13.6. The molecule has 4 aromatic rings. The number of benzene rings is 3. The minimum atomic E-state index is -0.544. The van der Waals surface area contributed by atoms with Crippen LogP contribution in [-0.2, 0) is 27.2 Å². The average Bonchev–Trinajstić information content (AvgIpc) is 3.44. The lowest BCUT2D eigenvalue weighted by Gasteiger charge is -2.18. The molecule has 1 aromatic heterocycles. The molecule has 0 spiro atoms. The Hall–Kier alpha value is -4.38. The van der Waals surface area contributed by atoms with E-state index in [1.165, 1.54) is 36.3 Å². The summed E-state index contributed by atoms with van der Waals surface area (Å²) in [7, 11) is 1.35. The molecule has 5 rings (SSSR count). The second kappa shape index (κ2) is 16.1. The highest BCUT2D eigenvalue weighted by Gasteiger charge is 2.30. The Balaban J connectivity index is 1.32. The Labute approximate surface area is 293 Å². The fraction of sp³-hybridized carbons (Fsp3) is 0.243. The number of carbonyl (C=O) groups is 4. The molecule has 1 aliphatic rings. The first-order valence-electron chi connectivity index (χ1n) is 15.6. The monoisotopic (exact) mass is 701 g/mol. The standard InChI is InChI=1S/C37H36ClN3O5S2/c1-4-30(35(44)41-36-32(37(45)46-3)27-18-17-22(2)19-31(27)48-36)47-26-15-10-14-25(21-26)39-34(43)29(20-24-13-8-9-16-28(24)38)40-33(42)23-11-6-5-7-12-23/h5-16,20-22,30H,4,17-19H2,1-3H3,(H,39,43)(H,40,42)(H,41,44)/b29-20+. The van der Waals surface area contributed by atoms with Crippen molar-refractivity contribution < 1.29 is 23.9 Å². The molecule has 248 valence electrons. The van der Waals surface area contributed by atoms with E-state index in [9.17, 15) is 19.2 Å². The minimum Gasteiger partial charge on any atom is -0.465 e. The third-order valence-corrected chi connectivity index (χ3v) is 10.8. The van der Waals surface area contributed by atoms with E-state index in [0.29, 0.717) is 44.7 Å². The lowest BCUT2D eigenvalue weighted by Crippen LogP contribution is -2.30. The van der Waals surface area contributed by atoms with Crippen LogP contribution in [0.2, 0.25) is 5.02 Å². The highest BCUT2D eigenvalue weighted by atomic mass is 35.5. The molecule has 8 nitrogen and oxygen atoms in total. The normalized spacial score (nSPS) is 14.8. The first kappa shape index (κ1) is 34.9. The molecule has 1 heterocycles. The molecular formula is C37H36ClN3O5S2. The predicted molar refractivity (Wildman–Crippen MR) is 194 cm³/mol. The summed E-state index contributed by atoms with van der Waals surface area (Å²) in [6, 6.07) is 22.8. The van der Waals surface area contributed by atoms with Crippen molar-refractivity contribution in [2.75, 3.05) is 17.7 Å². The second-order valence-electron chi connectivity index (χ2n) is 11.4. The third-order valence-electron chi connectivity index (χ3n) is 7.91. The van der Waals surface area contributed by atoms with Gasteiger partial charge in [-0.2, -0.15) is 0 Å². The lowest BCUT2D eigenvalue weighted by molar-refractivity contribution is -0.116. The van der Waals surface area contributed by atoms with Crippen LogP contribution in [0.3, 0.4) is 0 Å². The first-order chi connectivity index (χ1) is 23.2. The number of anilines is 2. The SMILES string of the molecule is CCC(Sc1cccc(NC(=O)/C(=C\c2ccccc2Cl)NC(=O)c2ccccc2)c1)C(=O)Nc1sc2c(c1C(=O)OC)CCC(C)C2. The average molecular weight is 702 g/mol. The summed E-state index contributed by atoms with van der Waals surface area (Å²) in [5.74, 6) is -1.13. The molecule has 0 bridgehead atoms. The van der Waals surface area contributed by atoms with Gasteiger partial charge < -0.3 is 20.7 Å². The molecule has 3 aromatic carbocycles. The molecule has 11 heteroatoms. The highest BCUT2D eigenvalue weighted by Crippen LogP contribution is 2.40. The Morgan fingerprint density at radius 1 is 1.02 bits per heavy atom. The fourth-order valence-electron chi connectivity index (χ4n) is 5.37. The van der Waals surface area contributed by atoms with Crippen molar-refractivity contribution in [2.24, 2.45) is 5.92 Å². The Kier molecular flexibility index (Phi) is 11.8. The van der Waals surface area contributed by atoms with Gasteiger partial charge >= 0.3 is 5.97 Å². The number of hydrogen-bond donors (Lipinski definition) is 3. The first-order valence-corrected chi connectivity index (χ1v) is 17.7. The van der Waals surface area contributed by atoms with E-state index in [1.807, 2.05) is 13.0 Å². The van der Waals surface area contributed by atoms with Crippen molar-refractivity contribution >= 4 is 75.2 Å².